The third-order valence-electron chi connectivity index (χ3n) is 7.88. The topological polar surface area (TPSA) is 49.9 Å². The van der Waals surface area contributed by atoms with Gasteiger partial charge in [0.2, 0.25) is 0 Å². The van der Waals surface area contributed by atoms with E-state index in [1.54, 1.807) is 0 Å². The highest BCUT2D eigenvalue weighted by Gasteiger charge is 2.23. The molecule has 4 aromatic rings. The van der Waals surface area contributed by atoms with Crippen molar-refractivity contribution in [1.82, 2.24) is 14.8 Å². The molecule has 0 aliphatic carbocycles. The molecule has 0 saturated heterocycles. The molecular formula is C36H50N4O2. The van der Waals surface area contributed by atoms with E-state index in [0.29, 0.717) is 30.7 Å². The van der Waals surface area contributed by atoms with Crippen LogP contribution in [0.1, 0.15) is 74.8 Å². The zero-order valence-corrected chi connectivity index (χ0v) is 27.2. The smallest absolute Gasteiger partial charge is 0.150 e. The van der Waals surface area contributed by atoms with Gasteiger partial charge in [-0.25, -0.2) is 4.98 Å². The summed E-state index contributed by atoms with van der Waals surface area (Å²) in [7, 11) is 0. The highest BCUT2D eigenvalue weighted by molar-refractivity contribution is 6.10. The number of benzene rings is 3. The predicted molar refractivity (Wildman–Crippen MR) is 177 cm³/mol. The van der Waals surface area contributed by atoms with E-state index >= 15 is 0 Å². The van der Waals surface area contributed by atoms with Gasteiger partial charge >= 0.3 is 0 Å². The largest absolute Gasteiger partial charge is 0.475 e. The maximum absolute atomic E-state index is 6.51. The van der Waals surface area contributed by atoms with E-state index in [1.807, 2.05) is 6.07 Å². The van der Waals surface area contributed by atoms with Crippen LogP contribution in [0.2, 0.25) is 0 Å². The van der Waals surface area contributed by atoms with Crippen LogP contribution < -0.4 is 14.8 Å². The van der Waals surface area contributed by atoms with E-state index in [0.717, 1.165) is 39.0 Å². The molecule has 0 fully saturated rings. The van der Waals surface area contributed by atoms with Crippen molar-refractivity contribution in [2.45, 2.75) is 112 Å². The first-order valence-corrected chi connectivity index (χ1v) is 15.5. The summed E-state index contributed by atoms with van der Waals surface area (Å²) >= 11 is 0. The monoisotopic (exact) mass is 570 g/mol. The number of rotatable bonds is 13. The zero-order valence-electron chi connectivity index (χ0n) is 27.2. The molecule has 226 valence electrons. The summed E-state index contributed by atoms with van der Waals surface area (Å²) < 4.78 is 13.0. The summed E-state index contributed by atoms with van der Waals surface area (Å²) in [4.78, 5) is 9.89. The SMILES string of the molecule is CC(C)N(C(C)C)C(C)Oc1ccc2c(c1)nc(NCc1ccccc1)c1cc(OC(C)N(C(C)C)C(C)C)ccc12. The van der Waals surface area contributed by atoms with Crippen molar-refractivity contribution in [3.05, 3.63) is 72.3 Å². The lowest BCUT2D eigenvalue weighted by Crippen LogP contribution is -2.46. The molecule has 0 bridgehead atoms. The Labute approximate surface area is 253 Å². The molecule has 0 saturated carbocycles. The van der Waals surface area contributed by atoms with Crippen LogP contribution in [0.4, 0.5) is 5.82 Å². The van der Waals surface area contributed by atoms with Crippen LogP contribution in [-0.2, 0) is 6.54 Å². The number of anilines is 1. The molecule has 6 heteroatoms. The van der Waals surface area contributed by atoms with Crippen molar-refractivity contribution in [2.75, 3.05) is 5.32 Å². The van der Waals surface area contributed by atoms with Crippen LogP contribution in [0.5, 0.6) is 11.5 Å². The quantitative estimate of drug-likeness (QED) is 0.128. The van der Waals surface area contributed by atoms with Gasteiger partial charge in [-0.3, -0.25) is 9.80 Å². The van der Waals surface area contributed by atoms with Gasteiger partial charge in [0.25, 0.3) is 0 Å². The Balaban J connectivity index is 1.73. The summed E-state index contributed by atoms with van der Waals surface area (Å²) in [5, 5.41) is 6.88. The average molecular weight is 571 g/mol. The van der Waals surface area contributed by atoms with E-state index in [9.17, 15) is 0 Å². The van der Waals surface area contributed by atoms with Crippen LogP contribution in [0.25, 0.3) is 21.7 Å². The van der Waals surface area contributed by atoms with Crippen LogP contribution in [-0.4, -0.2) is 51.4 Å². The molecule has 0 spiro atoms. The van der Waals surface area contributed by atoms with Crippen LogP contribution in [0.15, 0.2) is 66.7 Å². The summed E-state index contributed by atoms with van der Waals surface area (Å²) in [6.45, 7) is 22.6. The highest BCUT2D eigenvalue weighted by Crippen LogP contribution is 2.35. The second-order valence-electron chi connectivity index (χ2n) is 12.4. The molecular weight excluding hydrogens is 520 g/mol. The maximum Gasteiger partial charge on any atom is 0.150 e. The number of pyridine rings is 1. The van der Waals surface area contributed by atoms with Gasteiger partial charge in [0.05, 0.1) is 5.52 Å². The number of aromatic nitrogens is 1. The number of ether oxygens (including phenoxy) is 2. The molecule has 2 atom stereocenters. The van der Waals surface area contributed by atoms with E-state index in [-0.39, 0.29) is 12.5 Å². The maximum atomic E-state index is 6.51. The van der Waals surface area contributed by atoms with Gasteiger partial charge in [-0.15, -0.1) is 0 Å². The standard InChI is InChI=1S/C36H50N4O2/c1-23(2)39(24(3)4)27(9)41-30-16-18-32-33-19-17-31(42-28(10)40(25(5)6)26(7)8)21-35(33)38-36(34(32)20-30)37-22-29-14-12-11-13-15-29/h11-21,23-28H,22H2,1-10H3,(H,37,38). The summed E-state index contributed by atoms with van der Waals surface area (Å²) in [5.74, 6) is 2.49. The molecule has 2 unspecified atom stereocenters. The lowest BCUT2D eigenvalue weighted by Gasteiger charge is -2.36. The first-order chi connectivity index (χ1) is 20.0. The summed E-state index contributed by atoms with van der Waals surface area (Å²) in [6, 6.07) is 24.5. The van der Waals surface area contributed by atoms with Crippen molar-refractivity contribution in [3.8, 4) is 11.5 Å². The van der Waals surface area contributed by atoms with Crippen LogP contribution in [0.3, 0.4) is 0 Å². The number of fused-ring (bicyclic) bond motifs is 3. The lowest BCUT2D eigenvalue weighted by atomic mass is 10.0. The van der Waals surface area contributed by atoms with Gasteiger partial charge in [0.15, 0.2) is 0 Å². The van der Waals surface area contributed by atoms with Crippen molar-refractivity contribution in [2.24, 2.45) is 0 Å². The normalized spacial score (nSPS) is 13.7. The molecule has 6 nitrogen and oxygen atoms in total. The van der Waals surface area contributed by atoms with Gasteiger partial charge in [-0.1, -0.05) is 30.3 Å². The van der Waals surface area contributed by atoms with E-state index in [2.05, 4.69) is 145 Å². The third kappa shape index (κ3) is 7.34. The number of hydrogen-bond donors (Lipinski definition) is 1. The van der Waals surface area contributed by atoms with Gasteiger partial charge in [0.1, 0.15) is 29.8 Å². The first kappa shape index (κ1) is 31.6. The molecule has 0 aliphatic heterocycles. The van der Waals surface area contributed by atoms with Crippen molar-refractivity contribution in [3.63, 3.8) is 0 Å². The van der Waals surface area contributed by atoms with E-state index in [4.69, 9.17) is 14.5 Å². The fourth-order valence-electron chi connectivity index (χ4n) is 6.42. The molecule has 4 rings (SSSR count). The molecule has 3 aromatic carbocycles. The second kappa shape index (κ2) is 13.7. The lowest BCUT2D eigenvalue weighted by molar-refractivity contribution is -0.00586. The Hall–Kier alpha value is -3.35. The Kier molecular flexibility index (Phi) is 10.3. The minimum absolute atomic E-state index is 0.0588. The third-order valence-corrected chi connectivity index (χ3v) is 7.88. The molecule has 1 heterocycles. The van der Waals surface area contributed by atoms with Gasteiger partial charge in [-0.05, 0) is 111 Å². The zero-order chi connectivity index (χ0) is 30.6. The number of nitrogens with one attached hydrogen (secondary N) is 1. The summed E-state index contributed by atoms with van der Waals surface area (Å²) in [6.07, 6.45) is -0.119. The Morgan fingerprint density at radius 1 is 0.595 bits per heavy atom. The van der Waals surface area contributed by atoms with Crippen molar-refractivity contribution in [1.29, 1.82) is 0 Å². The number of hydrogen-bond acceptors (Lipinski definition) is 6. The number of nitrogens with zero attached hydrogens (tertiary/aromatic N) is 3. The molecule has 0 radical (unpaired) electrons. The van der Waals surface area contributed by atoms with E-state index < -0.39 is 0 Å². The van der Waals surface area contributed by atoms with Crippen molar-refractivity contribution >= 4 is 27.5 Å². The molecule has 0 amide bonds. The van der Waals surface area contributed by atoms with Gasteiger partial charge in [0, 0.05) is 47.6 Å². The second-order valence-corrected chi connectivity index (χ2v) is 12.4. The molecule has 1 N–H and O–H groups in total. The Morgan fingerprint density at radius 2 is 1.10 bits per heavy atom. The fraction of sp³-hybridized carbons (Fsp3) is 0.472. The molecule has 1 aromatic heterocycles. The van der Waals surface area contributed by atoms with Gasteiger partial charge < -0.3 is 14.8 Å². The highest BCUT2D eigenvalue weighted by atomic mass is 16.5. The van der Waals surface area contributed by atoms with E-state index in [1.165, 1.54) is 5.56 Å². The van der Waals surface area contributed by atoms with Gasteiger partial charge in [-0.2, -0.15) is 0 Å². The predicted octanol–water partition coefficient (Wildman–Crippen LogP) is 8.69. The molecule has 42 heavy (non-hydrogen) atoms. The fourth-order valence-corrected chi connectivity index (χ4v) is 6.42. The Bertz CT molecular complexity index is 1440. The minimum Gasteiger partial charge on any atom is -0.475 e. The molecule has 0 aliphatic rings. The average Bonchev–Trinajstić information content (AvgIpc) is 2.91. The minimum atomic E-state index is -0.0606. The first-order valence-electron chi connectivity index (χ1n) is 15.5. The van der Waals surface area contributed by atoms with Crippen molar-refractivity contribution < 1.29 is 9.47 Å². The van der Waals surface area contributed by atoms with Crippen LogP contribution >= 0.6 is 0 Å². The van der Waals surface area contributed by atoms with Crippen LogP contribution in [0, 0.1) is 0 Å². The summed E-state index contributed by atoms with van der Waals surface area (Å²) in [5.41, 5.74) is 2.10. The Morgan fingerprint density at radius 3 is 1.62 bits per heavy atom.